The molecule has 29 heavy (non-hydrogen) atoms. The summed E-state index contributed by atoms with van der Waals surface area (Å²) in [5, 5.41) is 10.2. The van der Waals surface area contributed by atoms with Crippen LogP contribution in [-0.2, 0) is 4.79 Å². The van der Waals surface area contributed by atoms with Crippen LogP contribution >= 0.6 is 0 Å². The Morgan fingerprint density at radius 3 is 2.31 bits per heavy atom. The van der Waals surface area contributed by atoms with Crippen molar-refractivity contribution in [2.75, 3.05) is 0 Å². The van der Waals surface area contributed by atoms with Crippen molar-refractivity contribution < 1.29 is 9.90 Å². The van der Waals surface area contributed by atoms with E-state index in [0.29, 0.717) is 40.0 Å². The van der Waals surface area contributed by atoms with Gasteiger partial charge in [-0.2, -0.15) is 0 Å². The summed E-state index contributed by atoms with van der Waals surface area (Å²) in [5.74, 6) is 2.74. The molecule has 0 aromatic heterocycles. The Balaban J connectivity index is 1.52. The average molecular weight is 402 g/mol. The van der Waals surface area contributed by atoms with Crippen LogP contribution in [0.3, 0.4) is 0 Å². The van der Waals surface area contributed by atoms with E-state index in [0.717, 1.165) is 43.9 Å². The molecule has 5 aliphatic carbocycles. The van der Waals surface area contributed by atoms with Crippen molar-refractivity contribution in [2.24, 2.45) is 57.0 Å². The van der Waals surface area contributed by atoms with E-state index in [1.807, 2.05) is 0 Å². The van der Waals surface area contributed by atoms with Crippen molar-refractivity contribution in [3.05, 3.63) is 0 Å². The lowest BCUT2D eigenvalue weighted by atomic mass is 9.33. The van der Waals surface area contributed by atoms with E-state index in [4.69, 9.17) is 5.73 Å². The molecule has 5 saturated carbocycles. The molecule has 0 aromatic carbocycles. The normalized spacial score (nSPS) is 59.2. The maximum absolute atomic E-state index is 12.4. The number of carboxylic acid groups (broad SMARTS) is 1. The van der Waals surface area contributed by atoms with Crippen molar-refractivity contribution in [1.29, 1.82) is 0 Å². The fraction of sp³-hybridized carbons (Fsp3) is 0.962. The van der Waals surface area contributed by atoms with Crippen LogP contribution in [0.25, 0.3) is 0 Å². The van der Waals surface area contributed by atoms with Gasteiger partial charge in [0, 0.05) is 6.04 Å². The van der Waals surface area contributed by atoms with Crippen molar-refractivity contribution in [3.63, 3.8) is 0 Å². The monoisotopic (exact) mass is 401 g/mol. The number of carbonyl (C=O) groups is 1. The highest BCUT2D eigenvalue weighted by Gasteiger charge is 2.69. The van der Waals surface area contributed by atoms with Gasteiger partial charge in [-0.1, -0.05) is 34.1 Å². The molecule has 5 fully saturated rings. The summed E-state index contributed by atoms with van der Waals surface area (Å²) in [7, 11) is 0. The lowest BCUT2D eigenvalue weighted by Gasteiger charge is -2.71. The molecule has 5 rings (SSSR count). The van der Waals surface area contributed by atoms with Gasteiger partial charge in [0.15, 0.2) is 0 Å². The Kier molecular flexibility index (Phi) is 4.37. The molecule has 0 bridgehead atoms. The summed E-state index contributed by atoms with van der Waals surface area (Å²) in [6.07, 6.45) is 13.0. The Hall–Kier alpha value is -0.570. The second kappa shape index (κ2) is 6.24. The minimum Gasteiger partial charge on any atom is -0.481 e. The molecular formula is C26H43NO2. The van der Waals surface area contributed by atoms with Gasteiger partial charge in [0.05, 0.1) is 5.41 Å². The van der Waals surface area contributed by atoms with Crippen molar-refractivity contribution in [3.8, 4) is 0 Å². The van der Waals surface area contributed by atoms with E-state index in [-0.39, 0.29) is 0 Å². The van der Waals surface area contributed by atoms with E-state index < -0.39 is 11.4 Å². The highest BCUT2D eigenvalue weighted by atomic mass is 16.4. The Morgan fingerprint density at radius 1 is 0.828 bits per heavy atom. The summed E-state index contributed by atoms with van der Waals surface area (Å²) in [4.78, 5) is 12.4. The third-order valence-electron chi connectivity index (χ3n) is 12.5. The first-order chi connectivity index (χ1) is 13.6. The second-order valence-electron chi connectivity index (χ2n) is 12.7. The first-order valence-electron chi connectivity index (χ1n) is 12.6. The molecule has 0 spiro atoms. The Morgan fingerprint density at radius 2 is 1.59 bits per heavy atom. The fourth-order valence-electron chi connectivity index (χ4n) is 10.6. The molecule has 0 heterocycles. The van der Waals surface area contributed by atoms with E-state index in [1.54, 1.807) is 0 Å². The number of hydrogen-bond acceptors (Lipinski definition) is 2. The summed E-state index contributed by atoms with van der Waals surface area (Å²) in [5.41, 5.74) is 7.21. The summed E-state index contributed by atoms with van der Waals surface area (Å²) in [6.45, 7) is 10.3. The highest BCUT2D eigenvalue weighted by Crippen LogP contribution is 2.75. The van der Waals surface area contributed by atoms with Crippen LogP contribution in [0.15, 0.2) is 0 Å². The molecule has 3 nitrogen and oxygen atoms in total. The van der Waals surface area contributed by atoms with Gasteiger partial charge < -0.3 is 10.8 Å². The van der Waals surface area contributed by atoms with Gasteiger partial charge in [0.25, 0.3) is 0 Å². The van der Waals surface area contributed by atoms with Crippen LogP contribution in [0.1, 0.15) is 98.3 Å². The number of fused-ring (bicyclic) bond motifs is 7. The summed E-state index contributed by atoms with van der Waals surface area (Å²) in [6, 6.07) is 0.383. The molecule has 5 aliphatic rings. The molecular weight excluding hydrogens is 358 g/mol. The average Bonchev–Trinajstić information content (AvgIpc) is 3.11. The molecule has 0 radical (unpaired) electrons. The van der Waals surface area contributed by atoms with Gasteiger partial charge >= 0.3 is 5.97 Å². The van der Waals surface area contributed by atoms with Crippen LogP contribution in [0.2, 0.25) is 0 Å². The third kappa shape index (κ3) is 2.32. The van der Waals surface area contributed by atoms with Crippen molar-refractivity contribution >= 4 is 5.97 Å². The maximum Gasteiger partial charge on any atom is 0.309 e. The van der Waals surface area contributed by atoms with Gasteiger partial charge in [-0.3, -0.25) is 4.79 Å². The number of aliphatic carboxylic acids is 1. The quantitative estimate of drug-likeness (QED) is 0.578. The standard InChI is InChI=1S/C26H43NO2/c1-16-17-9-13-25(4)21(23(17,2)12-10-20(16)27)8-7-18-19-6-5-11-26(19,22(28)29)15-14-24(18,25)3/h16-21H,5-15,27H2,1-4H3,(H,28,29)/t16?,17?,18?,19?,20?,21?,23?,24-,25?,26+/m1/s1. The lowest BCUT2D eigenvalue weighted by molar-refractivity contribution is -0.228. The minimum atomic E-state index is -0.486. The van der Waals surface area contributed by atoms with E-state index in [2.05, 4.69) is 27.7 Å². The topological polar surface area (TPSA) is 63.3 Å². The van der Waals surface area contributed by atoms with Crippen molar-refractivity contribution in [1.82, 2.24) is 0 Å². The van der Waals surface area contributed by atoms with Crippen LogP contribution < -0.4 is 5.73 Å². The minimum absolute atomic E-state index is 0.306. The van der Waals surface area contributed by atoms with Gasteiger partial charge in [-0.05, 0) is 110 Å². The van der Waals surface area contributed by atoms with E-state index >= 15 is 0 Å². The number of hydrogen-bond donors (Lipinski definition) is 2. The smallest absolute Gasteiger partial charge is 0.309 e. The third-order valence-corrected chi connectivity index (χ3v) is 12.5. The van der Waals surface area contributed by atoms with Crippen LogP contribution in [-0.4, -0.2) is 17.1 Å². The van der Waals surface area contributed by atoms with E-state index in [9.17, 15) is 9.90 Å². The first-order valence-corrected chi connectivity index (χ1v) is 12.6. The van der Waals surface area contributed by atoms with Gasteiger partial charge in [-0.15, -0.1) is 0 Å². The van der Waals surface area contributed by atoms with Gasteiger partial charge in [0.1, 0.15) is 0 Å². The SMILES string of the molecule is CC1C(N)CCC2(C)C1CCC1(C)C2CCC2C3CCC[C@]3(C(=O)O)CC[C@]21C. The van der Waals surface area contributed by atoms with E-state index in [1.165, 1.54) is 38.5 Å². The fourth-order valence-corrected chi connectivity index (χ4v) is 10.6. The van der Waals surface area contributed by atoms with Crippen LogP contribution in [0, 0.1) is 51.2 Å². The number of rotatable bonds is 1. The van der Waals surface area contributed by atoms with Crippen LogP contribution in [0.4, 0.5) is 0 Å². The Labute approximate surface area is 177 Å². The maximum atomic E-state index is 12.4. The summed E-state index contributed by atoms with van der Waals surface area (Å²) < 4.78 is 0. The molecule has 164 valence electrons. The number of carboxylic acids is 1. The highest BCUT2D eigenvalue weighted by molar-refractivity contribution is 5.76. The second-order valence-corrected chi connectivity index (χ2v) is 12.7. The molecule has 3 heteroatoms. The predicted octanol–water partition coefficient (Wildman–Crippen LogP) is 5.86. The van der Waals surface area contributed by atoms with Gasteiger partial charge in [0.2, 0.25) is 0 Å². The molecule has 0 aliphatic heterocycles. The summed E-state index contributed by atoms with van der Waals surface area (Å²) >= 11 is 0. The Bertz CT molecular complexity index is 707. The van der Waals surface area contributed by atoms with Crippen molar-refractivity contribution in [2.45, 2.75) is 104 Å². The first kappa shape index (κ1) is 20.3. The molecule has 0 amide bonds. The zero-order chi connectivity index (χ0) is 20.8. The zero-order valence-corrected chi connectivity index (χ0v) is 19.2. The molecule has 3 N–H and O–H groups in total. The predicted molar refractivity (Wildman–Crippen MR) is 116 cm³/mol. The van der Waals surface area contributed by atoms with Gasteiger partial charge in [-0.25, -0.2) is 0 Å². The zero-order valence-electron chi connectivity index (χ0n) is 19.2. The lowest BCUT2D eigenvalue weighted by Crippen LogP contribution is -2.65. The molecule has 10 atom stereocenters. The largest absolute Gasteiger partial charge is 0.481 e. The number of nitrogens with two attached hydrogens (primary N) is 1. The molecule has 8 unspecified atom stereocenters. The van der Waals surface area contributed by atoms with Crippen LogP contribution in [0.5, 0.6) is 0 Å². The molecule has 0 saturated heterocycles. The molecule has 0 aromatic rings.